The highest BCUT2D eigenvalue weighted by Crippen LogP contribution is 2.27. The van der Waals surface area contributed by atoms with Gasteiger partial charge in [-0.3, -0.25) is 4.79 Å². The van der Waals surface area contributed by atoms with Crippen molar-refractivity contribution in [2.24, 2.45) is 5.92 Å². The monoisotopic (exact) mass is 335 g/mol. The molecule has 0 aliphatic rings. The fourth-order valence-electron chi connectivity index (χ4n) is 2.41. The summed E-state index contributed by atoms with van der Waals surface area (Å²) < 4.78 is 5.13. The smallest absolute Gasteiger partial charge is 0.371 e. The molecule has 1 amide bonds. The zero-order valence-electron chi connectivity index (χ0n) is 12.9. The van der Waals surface area contributed by atoms with Crippen LogP contribution in [0, 0.1) is 5.92 Å². The van der Waals surface area contributed by atoms with E-state index < -0.39 is 5.97 Å². The SMILES string of the molecule is CC(C)C(C(=O)NCc1ccc(C(=O)O)o1)c1cccc(Cl)c1. The lowest BCUT2D eigenvalue weighted by molar-refractivity contribution is -0.123. The maximum Gasteiger partial charge on any atom is 0.371 e. The maximum absolute atomic E-state index is 12.5. The first kappa shape index (κ1) is 17.1. The molecule has 0 bridgehead atoms. The number of hydrogen-bond acceptors (Lipinski definition) is 3. The van der Waals surface area contributed by atoms with E-state index in [0.717, 1.165) is 5.56 Å². The Balaban J connectivity index is 2.08. The van der Waals surface area contributed by atoms with Gasteiger partial charge >= 0.3 is 5.97 Å². The van der Waals surface area contributed by atoms with Crippen LogP contribution in [0.2, 0.25) is 5.02 Å². The molecule has 2 rings (SSSR count). The first-order valence-corrected chi connectivity index (χ1v) is 7.61. The Morgan fingerprint density at radius 1 is 1.26 bits per heavy atom. The molecule has 2 aromatic rings. The number of amides is 1. The molecule has 6 heteroatoms. The molecule has 0 saturated heterocycles. The topological polar surface area (TPSA) is 79.5 Å². The average molecular weight is 336 g/mol. The summed E-state index contributed by atoms with van der Waals surface area (Å²) in [5.41, 5.74) is 0.843. The van der Waals surface area contributed by atoms with Crippen LogP contribution >= 0.6 is 11.6 Å². The molecule has 5 nitrogen and oxygen atoms in total. The van der Waals surface area contributed by atoms with Crippen LogP contribution in [0.25, 0.3) is 0 Å². The predicted molar refractivity (Wildman–Crippen MR) is 86.5 cm³/mol. The minimum absolute atomic E-state index is 0.0830. The third-order valence-electron chi connectivity index (χ3n) is 3.47. The molecule has 0 aliphatic carbocycles. The van der Waals surface area contributed by atoms with E-state index in [1.807, 2.05) is 26.0 Å². The van der Waals surface area contributed by atoms with E-state index in [1.54, 1.807) is 12.1 Å². The zero-order chi connectivity index (χ0) is 17.0. The summed E-state index contributed by atoms with van der Waals surface area (Å²) in [6.07, 6.45) is 0. The number of carboxylic acids is 1. The second-order valence-electron chi connectivity index (χ2n) is 5.57. The third kappa shape index (κ3) is 4.36. The van der Waals surface area contributed by atoms with Crippen molar-refractivity contribution in [2.75, 3.05) is 0 Å². The number of hydrogen-bond donors (Lipinski definition) is 2. The molecule has 0 saturated carbocycles. The zero-order valence-corrected chi connectivity index (χ0v) is 13.6. The number of aromatic carboxylic acids is 1. The number of rotatable bonds is 6. The van der Waals surface area contributed by atoms with Crippen molar-refractivity contribution in [1.29, 1.82) is 0 Å². The van der Waals surface area contributed by atoms with Crippen LogP contribution in [0.1, 0.15) is 41.6 Å². The Kier molecular flexibility index (Phi) is 5.45. The van der Waals surface area contributed by atoms with E-state index >= 15 is 0 Å². The molecule has 23 heavy (non-hydrogen) atoms. The maximum atomic E-state index is 12.5. The normalized spacial score (nSPS) is 12.2. The minimum atomic E-state index is -1.14. The van der Waals surface area contributed by atoms with Crippen molar-refractivity contribution in [3.8, 4) is 0 Å². The largest absolute Gasteiger partial charge is 0.475 e. The molecule has 0 aliphatic heterocycles. The van der Waals surface area contributed by atoms with Crippen LogP contribution in [0.5, 0.6) is 0 Å². The molecular weight excluding hydrogens is 318 g/mol. The summed E-state index contributed by atoms with van der Waals surface area (Å²) in [6, 6.07) is 10.1. The van der Waals surface area contributed by atoms with Crippen molar-refractivity contribution in [2.45, 2.75) is 26.3 Å². The number of benzene rings is 1. The Morgan fingerprint density at radius 3 is 2.57 bits per heavy atom. The number of carboxylic acid groups (broad SMARTS) is 1. The summed E-state index contributed by atoms with van der Waals surface area (Å²) >= 11 is 6.00. The number of furan rings is 1. The third-order valence-corrected chi connectivity index (χ3v) is 3.70. The van der Waals surface area contributed by atoms with Crippen LogP contribution in [0.15, 0.2) is 40.8 Å². The lowest BCUT2D eigenvalue weighted by atomic mass is 9.87. The summed E-state index contributed by atoms with van der Waals surface area (Å²) in [6.45, 7) is 4.05. The quantitative estimate of drug-likeness (QED) is 0.843. The van der Waals surface area contributed by atoms with E-state index in [9.17, 15) is 9.59 Å². The fraction of sp³-hybridized carbons (Fsp3) is 0.294. The number of carbonyl (C=O) groups is 2. The molecule has 1 atom stereocenters. The summed E-state index contributed by atoms with van der Waals surface area (Å²) in [5, 5.41) is 12.2. The molecule has 1 aromatic carbocycles. The number of carbonyl (C=O) groups excluding carboxylic acids is 1. The van der Waals surface area contributed by atoms with Crippen molar-refractivity contribution < 1.29 is 19.1 Å². The molecule has 1 aromatic heterocycles. The van der Waals surface area contributed by atoms with Gasteiger partial charge in [-0.05, 0) is 35.7 Å². The van der Waals surface area contributed by atoms with E-state index in [0.29, 0.717) is 10.8 Å². The van der Waals surface area contributed by atoms with Gasteiger partial charge in [0, 0.05) is 5.02 Å². The van der Waals surface area contributed by atoms with Gasteiger partial charge in [0.15, 0.2) is 0 Å². The van der Waals surface area contributed by atoms with Crippen LogP contribution in [-0.2, 0) is 11.3 Å². The summed E-state index contributed by atoms with van der Waals surface area (Å²) in [7, 11) is 0. The van der Waals surface area contributed by atoms with Crippen LogP contribution < -0.4 is 5.32 Å². The standard InChI is InChI=1S/C17H18ClNO4/c1-10(2)15(11-4-3-5-12(18)8-11)16(20)19-9-13-6-7-14(23-13)17(21)22/h3-8,10,15H,9H2,1-2H3,(H,19,20)(H,21,22). The fourth-order valence-corrected chi connectivity index (χ4v) is 2.61. The second-order valence-corrected chi connectivity index (χ2v) is 6.00. The summed E-state index contributed by atoms with van der Waals surface area (Å²) in [5.74, 6) is -1.31. The molecule has 1 unspecified atom stereocenters. The Morgan fingerprint density at radius 2 is 2.00 bits per heavy atom. The van der Waals surface area contributed by atoms with Gasteiger partial charge in [-0.1, -0.05) is 37.6 Å². The lowest BCUT2D eigenvalue weighted by Gasteiger charge is -2.20. The van der Waals surface area contributed by atoms with Crippen molar-refractivity contribution in [3.63, 3.8) is 0 Å². The van der Waals surface area contributed by atoms with Crippen LogP contribution in [0.4, 0.5) is 0 Å². The van der Waals surface area contributed by atoms with Crippen molar-refractivity contribution >= 4 is 23.5 Å². The minimum Gasteiger partial charge on any atom is -0.475 e. The van der Waals surface area contributed by atoms with Crippen LogP contribution in [-0.4, -0.2) is 17.0 Å². The van der Waals surface area contributed by atoms with E-state index in [2.05, 4.69) is 5.32 Å². The highest BCUT2D eigenvalue weighted by molar-refractivity contribution is 6.30. The summed E-state index contributed by atoms with van der Waals surface area (Å²) in [4.78, 5) is 23.3. The Labute approximate surface area is 139 Å². The average Bonchev–Trinajstić information content (AvgIpc) is 2.94. The van der Waals surface area contributed by atoms with Gasteiger partial charge in [0.1, 0.15) is 5.76 Å². The first-order chi connectivity index (χ1) is 10.9. The van der Waals surface area contributed by atoms with Gasteiger partial charge in [0.25, 0.3) is 0 Å². The van der Waals surface area contributed by atoms with Gasteiger partial charge in [0.05, 0.1) is 12.5 Å². The van der Waals surface area contributed by atoms with Gasteiger partial charge in [-0.25, -0.2) is 4.79 Å². The van der Waals surface area contributed by atoms with Crippen LogP contribution in [0.3, 0.4) is 0 Å². The first-order valence-electron chi connectivity index (χ1n) is 7.23. The Bertz CT molecular complexity index is 708. The Hall–Kier alpha value is -2.27. The predicted octanol–water partition coefficient (Wildman–Crippen LogP) is 3.69. The molecule has 0 spiro atoms. The van der Waals surface area contributed by atoms with E-state index in [1.165, 1.54) is 12.1 Å². The second kappa shape index (κ2) is 7.33. The lowest BCUT2D eigenvalue weighted by Crippen LogP contribution is -2.31. The number of halogens is 1. The number of nitrogens with one attached hydrogen (secondary N) is 1. The molecule has 1 heterocycles. The van der Waals surface area contributed by atoms with Crippen molar-refractivity contribution in [1.82, 2.24) is 5.32 Å². The van der Waals surface area contributed by atoms with E-state index in [-0.39, 0.29) is 30.0 Å². The van der Waals surface area contributed by atoms with E-state index in [4.69, 9.17) is 21.1 Å². The van der Waals surface area contributed by atoms with Gasteiger partial charge in [0.2, 0.25) is 11.7 Å². The van der Waals surface area contributed by atoms with Gasteiger partial charge < -0.3 is 14.8 Å². The molecule has 0 fully saturated rings. The van der Waals surface area contributed by atoms with Gasteiger partial charge in [-0.15, -0.1) is 0 Å². The van der Waals surface area contributed by atoms with Crippen molar-refractivity contribution in [3.05, 3.63) is 58.5 Å². The molecule has 2 N–H and O–H groups in total. The molecular formula is C17H18ClNO4. The highest BCUT2D eigenvalue weighted by Gasteiger charge is 2.24. The molecule has 122 valence electrons. The van der Waals surface area contributed by atoms with Gasteiger partial charge in [-0.2, -0.15) is 0 Å². The molecule has 0 radical (unpaired) electrons. The highest BCUT2D eigenvalue weighted by atomic mass is 35.5.